The summed E-state index contributed by atoms with van der Waals surface area (Å²) in [6, 6.07) is 10.6. The number of carbonyl (C=O) groups is 2. The van der Waals surface area contributed by atoms with Crippen LogP contribution in [0.15, 0.2) is 58.5 Å². The van der Waals surface area contributed by atoms with Gasteiger partial charge in [-0.1, -0.05) is 24.3 Å². The summed E-state index contributed by atoms with van der Waals surface area (Å²) in [4.78, 5) is 28.6. The normalized spacial score (nSPS) is 14.4. The van der Waals surface area contributed by atoms with Crippen LogP contribution >= 0.6 is 0 Å². The summed E-state index contributed by atoms with van der Waals surface area (Å²) in [6.45, 7) is 2.65. The Hall–Kier alpha value is -3.25. The van der Waals surface area contributed by atoms with Gasteiger partial charge >= 0.3 is 16.8 Å². The van der Waals surface area contributed by atoms with E-state index in [1.54, 1.807) is 48.5 Å². The first kappa shape index (κ1) is 29.7. The van der Waals surface area contributed by atoms with Crippen molar-refractivity contribution < 1.29 is 57.0 Å². The van der Waals surface area contributed by atoms with Gasteiger partial charge in [0.15, 0.2) is 0 Å². The topological polar surface area (TPSA) is 191 Å². The summed E-state index contributed by atoms with van der Waals surface area (Å²) >= 11 is 0. The molecule has 2 aromatic rings. The van der Waals surface area contributed by atoms with Crippen molar-refractivity contribution in [2.75, 3.05) is 0 Å². The second-order valence-electron chi connectivity index (χ2n) is 6.74. The molecule has 0 aliphatic heterocycles. The van der Waals surface area contributed by atoms with Crippen LogP contribution in [-0.4, -0.2) is 69.1 Å². The Morgan fingerprint density at radius 1 is 0.788 bits per heavy atom. The van der Waals surface area contributed by atoms with Gasteiger partial charge in [0.05, 0.1) is 35.3 Å². The maximum atomic E-state index is 10.6. The van der Waals surface area contributed by atoms with Gasteiger partial charge in [0, 0.05) is 24.6 Å². The number of nitrogens with zero attached hydrogens (tertiary/aromatic N) is 2. The molecule has 0 saturated heterocycles. The molecule has 179 valence electrons. The summed E-state index contributed by atoms with van der Waals surface area (Å²) in [5.74, 6) is -2.38. The average Bonchev–Trinajstić information content (AvgIpc) is 2.70. The second kappa shape index (κ2) is 14.7. The van der Waals surface area contributed by atoms with Crippen LogP contribution in [0.3, 0.4) is 0 Å². The number of benzene rings is 2. The van der Waals surface area contributed by atoms with Crippen molar-refractivity contribution in [1.29, 1.82) is 0 Å². The molecule has 4 atom stereocenters. The molecule has 2 aromatic carbocycles. The van der Waals surface area contributed by atoms with E-state index in [1.807, 2.05) is 0 Å². The minimum absolute atomic E-state index is 0. The summed E-state index contributed by atoms with van der Waals surface area (Å²) < 4.78 is 0. The molecule has 1 radical (unpaired) electrons. The SMILES string of the molecule is CC(O)C(N=Cc1ccccc1[OH2+])C(=O)[O-].CC(O)C(N=Cc1ccccc1[OH2+])C(=O)[O-].[Co+2]. The third-order valence-corrected chi connectivity index (χ3v) is 4.07. The van der Waals surface area contributed by atoms with Gasteiger partial charge in [0.1, 0.15) is 12.1 Å². The number of carboxylic acids is 2. The number of rotatable bonds is 8. The fourth-order valence-electron chi connectivity index (χ4n) is 2.31. The van der Waals surface area contributed by atoms with Gasteiger partial charge in [-0.2, -0.15) is 0 Å². The molecule has 0 fully saturated rings. The van der Waals surface area contributed by atoms with Gasteiger partial charge in [-0.25, -0.2) is 0 Å². The predicted octanol–water partition coefficient (Wildman–Crippen LogP) is -1.92. The van der Waals surface area contributed by atoms with Gasteiger partial charge < -0.3 is 40.2 Å². The van der Waals surface area contributed by atoms with Crippen LogP contribution in [0.1, 0.15) is 25.0 Å². The van der Waals surface area contributed by atoms with E-state index in [1.165, 1.54) is 26.3 Å². The summed E-state index contributed by atoms with van der Waals surface area (Å²) in [5, 5.41) is 54.6. The van der Waals surface area contributed by atoms with E-state index in [0.717, 1.165) is 0 Å². The standard InChI is InChI=1S/2C11H13NO4.Co/c2*1-7(13)10(11(15)16)12-6-8-4-2-3-5-9(8)14;/h2*2-7,10,13-14H,1H3,(H,15,16);/q;;+2. The Kier molecular flexibility index (Phi) is 13.3. The predicted molar refractivity (Wildman–Crippen MR) is 115 cm³/mol. The number of aliphatic imine (C=N–C) groups is 2. The first-order valence-electron chi connectivity index (χ1n) is 9.50. The quantitative estimate of drug-likeness (QED) is 0.310. The van der Waals surface area contributed by atoms with Crippen LogP contribution in [0.25, 0.3) is 0 Å². The molecule has 11 heteroatoms. The molecule has 0 heterocycles. The molecule has 0 aromatic heterocycles. The molecular weight excluding hydrogens is 479 g/mol. The van der Waals surface area contributed by atoms with Crippen LogP contribution < -0.4 is 10.2 Å². The van der Waals surface area contributed by atoms with Crippen molar-refractivity contribution in [2.24, 2.45) is 9.98 Å². The van der Waals surface area contributed by atoms with Crippen LogP contribution in [0.4, 0.5) is 0 Å². The van der Waals surface area contributed by atoms with E-state index in [4.69, 9.17) is 20.4 Å². The molecule has 33 heavy (non-hydrogen) atoms. The Balaban J connectivity index is 0.000000602. The fourth-order valence-corrected chi connectivity index (χ4v) is 2.31. The first-order chi connectivity index (χ1) is 15.0. The molecule has 0 spiro atoms. The van der Waals surface area contributed by atoms with Gasteiger partial charge in [-0.05, 0) is 26.0 Å². The smallest absolute Gasteiger partial charge is 0.593 e. The van der Waals surface area contributed by atoms with Crippen molar-refractivity contribution in [3.05, 3.63) is 59.7 Å². The number of para-hydroxylation sites is 2. The zero-order valence-corrected chi connectivity index (χ0v) is 18.9. The van der Waals surface area contributed by atoms with Crippen LogP contribution in [0.2, 0.25) is 0 Å². The van der Waals surface area contributed by atoms with Crippen molar-refractivity contribution >= 4 is 24.4 Å². The number of carboxylic acid groups (broad SMARTS) is 2. The molecule has 0 amide bonds. The zero-order chi connectivity index (χ0) is 24.3. The Bertz CT molecular complexity index is 885. The number of aliphatic hydroxyl groups excluding tert-OH is 2. The van der Waals surface area contributed by atoms with E-state index in [2.05, 4.69) is 9.98 Å². The van der Waals surface area contributed by atoms with Gasteiger partial charge in [-0.3, -0.25) is 9.98 Å². The van der Waals surface area contributed by atoms with E-state index < -0.39 is 36.2 Å². The molecule has 4 unspecified atom stereocenters. The third kappa shape index (κ3) is 10.3. The van der Waals surface area contributed by atoms with E-state index in [9.17, 15) is 19.8 Å². The maximum absolute atomic E-state index is 10.6. The molecule has 0 bridgehead atoms. The number of carbonyl (C=O) groups excluding carboxylic acids is 2. The van der Waals surface area contributed by atoms with Crippen LogP contribution in [0.5, 0.6) is 11.5 Å². The van der Waals surface area contributed by atoms with E-state index in [0.29, 0.717) is 11.1 Å². The minimum Gasteiger partial charge on any atom is -0.593 e. The van der Waals surface area contributed by atoms with Crippen LogP contribution in [-0.2, 0) is 26.4 Å². The Morgan fingerprint density at radius 3 is 1.33 bits per heavy atom. The molecule has 0 aliphatic carbocycles. The zero-order valence-electron chi connectivity index (χ0n) is 17.8. The Morgan fingerprint density at radius 2 is 1.09 bits per heavy atom. The van der Waals surface area contributed by atoms with Gasteiger partial charge in [0.25, 0.3) is 11.5 Å². The number of aliphatic hydroxyl groups is 2. The summed E-state index contributed by atoms with van der Waals surface area (Å²) in [7, 11) is 0. The molecule has 10 nitrogen and oxygen atoms in total. The number of hydrogen-bond acceptors (Lipinski definition) is 8. The second-order valence-corrected chi connectivity index (χ2v) is 6.74. The largest absolute Gasteiger partial charge is 2.00 e. The molecule has 0 aliphatic rings. The van der Waals surface area contributed by atoms with Gasteiger partial charge in [-0.15, -0.1) is 0 Å². The monoisotopic (exact) mass is 505 g/mol. The fraction of sp³-hybridized carbons (Fsp3) is 0.273. The summed E-state index contributed by atoms with van der Waals surface area (Å²) in [6.07, 6.45) is 0.267. The van der Waals surface area contributed by atoms with E-state index in [-0.39, 0.29) is 28.3 Å². The van der Waals surface area contributed by atoms with Crippen molar-refractivity contribution in [1.82, 2.24) is 0 Å². The van der Waals surface area contributed by atoms with Crippen molar-refractivity contribution in [3.8, 4) is 11.5 Å². The maximum Gasteiger partial charge on any atom is 2.00 e. The third-order valence-electron chi connectivity index (χ3n) is 4.07. The van der Waals surface area contributed by atoms with E-state index >= 15 is 0 Å². The van der Waals surface area contributed by atoms with Crippen molar-refractivity contribution in [2.45, 2.75) is 38.1 Å². The molecular formula is C22H26CoN2O8+2. The first-order valence-corrected chi connectivity index (χ1v) is 9.50. The minimum atomic E-state index is -1.44. The molecule has 6 N–H and O–H groups in total. The molecule has 2 rings (SSSR count). The summed E-state index contributed by atoms with van der Waals surface area (Å²) in [5.41, 5.74) is 0.990. The molecule has 0 saturated carbocycles. The number of hydrogen-bond donors (Lipinski definition) is 2. The van der Waals surface area contributed by atoms with Crippen molar-refractivity contribution in [3.63, 3.8) is 0 Å². The Labute approximate surface area is 200 Å². The average molecular weight is 505 g/mol. The van der Waals surface area contributed by atoms with Crippen LogP contribution in [0, 0.1) is 0 Å². The number of aliphatic carboxylic acids is 2. The van der Waals surface area contributed by atoms with Gasteiger partial charge in [0.2, 0.25) is 0 Å².